The van der Waals surface area contributed by atoms with Crippen LogP contribution in [0, 0.1) is 17.0 Å². The first-order valence-corrected chi connectivity index (χ1v) is 10.6. The topological polar surface area (TPSA) is 158 Å². The molecule has 190 valence electrons. The van der Waals surface area contributed by atoms with E-state index in [1.54, 1.807) is 33.2 Å². The molecule has 36 heavy (non-hydrogen) atoms. The molecular weight excluding hydrogens is 498 g/mol. The van der Waals surface area contributed by atoms with Gasteiger partial charge in [-0.1, -0.05) is 11.6 Å². The molecule has 3 aromatic rings. The average molecular weight is 520 g/mol. The van der Waals surface area contributed by atoms with E-state index >= 15 is 0 Å². The summed E-state index contributed by atoms with van der Waals surface area (Å²) in [6, 6.07) is 9.67. The number of nitro benzene ring substituents is 1. The predicted octanol–water partition coefficient (Wildman–Crippen LogP) is 2.93. The first-order valence-electron chi connectivity index (χ1n) is 10.2. The van der Waals surface area contributed by atoms with E-state index in [2.05, 4.69) is 5.32 Å². The van der Waals surface area contributed by atoms with Crippen molar-refractivity contribution in [3.8, 4) is 5.75 Å². The van der Waals surface area contributed by atoms with Crippen molar-refractivity contribution >= 4 is 52.2 Å². The Bertz CT molecular complexity index is 1340. The van der Waals surface area contributed by atoms with Gasteiger partial charge in [0.05, 0.1) is 15.6 Å². The second-order valence-electron chi connectivity index (χ2n) is 7.39. The number of benzene rings is 2. The van der Waals surface area contributed by atoms with E-state index in [1.807, 2.05) is 0 Å². The number of rotatable bonds is 8. The fourth-order valence-corrected chi connectivity index (χ4v) is 2.85. The summed E-state index contributed by atoms with van der Waals surface area (Å²) in [6.07, 6.45) is 0.750. The number of nitrogens with zero attached hydrogens (tertiary/aromatic N) is 2. The Morgan fingerprint density at radius 2 is 1.86 bits per heavy atom. The van der Waals surface area contributed by atoms with Crippen molar-refractivity contribution in [1.29, 1.82) is 0 Å². The van der Waals surface area contributed by atoms with Gasteiger partial charge in [0.2, 0.25) is 6.41 Å². The van der Waals surface area contributed by atoms with Crippen LogP contribution in [-0.2, 0) is 19.1 Å². The molecule has 13 heteroatoms. The number of amides is 2. The van der Waals surface area contributed by atoms with Gasteiger partial charge in [-0.2, -0.15) is 0 Å². The van der Waals surface area contributed by atoms with Crippen molar-refractivity contribution < 1.29 is 33.2 Å². The highest BCUT2D eigenvalue weighted by Crippen LogP contribution is 2.26. The maximum atomic E-state index is 11.9. The molecule has 12 nitrogen and oxygen atoms in total. The van der Waals surface area contributed by atoms with Gasteiger partial charge in [-0.25, -0.2) is 9.59 Å². The van der Waals surface area contributed by atoms with E-state index in [4.69, 9.17) is 25.5 Å². The van der Waals surface area contributed by atoms with E-state index in [1.165, 1.54) is 29.2 Å². The molecule has 1 N–H and O–H groups in total. The van der Waals surface area contributed by atoms with Crippen LogP contribution in [0.5, 0.6) is 5.75 Å². The third kappa shape index (κ3) is 8.40. The van der Waals surface area contributed by atoms with Gasteiger partial charge in [0.15, 0.2) is 13.2 Å². The maximum Gasteiger partial charge on any atom is 0.344 e. The molecule has 1 aromatic heterocycles. The third-order valence-corrected chi connectivity index (χ3v) is 4.60. The fraction of sp³-hybridized carbons (Fsp3) is 0.217. The first-order chi connectivity index (χ1) is 17.0. The average Bonchev–Trinajstić information content (AvgIpc) is 2.82. The Morgan fingerprint density at radius 3 is 2.47 bits per heavy atom. The zero-order valence-electron chi connectivity index (χ0n) is 19.5. The maximum absolute atomic E-state index is 11.9. The zero-order chi connectivity index (χ0) is 26.8. The van der Waals surface area contributed by atoms with Crippen LogP contribution in [0.3, 0.4) is 0 Å². The molecule has 0 spiro atoms. The Labute approximate surface area is 209 Å². The van der Waals surface area contributed by atoms with E-state index in [-0.39, 0.29) is 22.1 Å². The largest absolute Gasteiger partial charge is 0.482 e. The quantitative estimate of drug-likeness (QED) is 0.155. The molecule has 0 saturated heterocycles. The number of nitrogens with one attached hydrogen (secondary N) is 1. The van der Waals surface area contributed by atoms with Gasteiger partial charge < -0.3 is 24.1 Å². The number of non-ortho nitro benzene ring substituents is 1. The minimum Gasteiger partial charge on any atom is -0.482 e. The molecule has 0 radical (unpaired) electrons. The van der Waals surface area contributed by atoms with Crippen molar-refractivity contribution in [3.63, 3.8) is 0 Å². The highest BCUT2D eigenvalue weighted by molar-refractivity contribution is 6.34. The standard InChI is InChI=1S/C20H15ClN2O8.C3H7NO/c1-11-6-19(25)31-17-8-13(3-4-14(11)17)29-10-20(26)30-9-18(24)22-16-5-2-12(23(27)28)7-15(16)21;1-4(2)3-5/h2-8H,9-10H2,1H3,(H,22,24);3H,1-2H3. The number of hydrogen-bond acceptors (Lipinski definition) is 9. The van der Waals surface area contributed by atoms with Crippen molar-refractivity contribution in [2.45, 2.75) is 6.92 Å². The summed E-state index contributed by atoms with van der Waals surface area (Å²) in [5.74, 6) is -1.22. The van der Waals surface area contributed by atoms with Crippen molar-refractivity contribution in [1.82, 2.24) is 4.90 Å². The molecule has 0 fully saturated rings. The highest BCUT2D eigenvalue weighted by Gasteiger charge is 2.14. The SMILES string of the molecule is CN(C)C=O.Cc1cc(=O)oc2cc(OCC(=O)OCC(=O)Nc3ccc([N+](=O)[O-])cc3Cl)ccc12. The van der Waals surface area contributed by atoms with Gasteiger partial charge in [-0.05, 0) is 30.7 Å². The molecule has 3 rings (SSSR count). The molecular formula is C23H22ClN3O9. The van der Waals surface area contributed by atoms with E-state index in [0.717, 1.165) is 23.4 Å². The lowest BCUT2D eigenvalue weighted by molar-refractivity contribution is -0.384. The van der Waals surface area contributed by atoms with Gasteiger partial charge in [0.25, 0.3) is 11.6 Å². The monoisotopic (exact) mass is 519 g/mol. The van der Waals surface area contributed by atoms with E-state index < -0.39 is 35.6 Å². The second-order valence-corrected chi connectivity index (χ2v) is 7.80. The molecule has 1 heterocycles. The number of fused-ring (bicyclic) bond motifs is 1. The summed E-state index contributed by atoms with van der Waals surface area (Å²) < 4.78 is 15.2. The van der Waals surface area contributed by atoms with Crippen LogP contribution in [-0.4, -0.2) is 55.4 Å². The summed E-state index contributed by atoms with van der Waals surface area (Å²) in [5.41, 5.74) is 0.472. The number of nitro groups is 1. The summed E-state index contributed by atoms with van der Waals surface area (Å²) in [7, 11) is 3.38. The predicted molar refractivity (Wildman–Crippen MR) is 130 cm³/mol. The number of carbonyl (C=O) groups is 3. The minimum absolute atomic E-state index is 0.0320. The Morgan fingerprint density at radius 1 is 1.17 bits per heavy atom. The normalized spacial score (nSPS) is 10.0. The van der Waals surface area contributed by atoms with Gasteiger partial charge in [-0.3, -0.25) is 19.7 Å². The summed E-state index contributed by atoms with van der Waals surface area (Å²) in [5, 5.41) is 13.8. The Balaban J connectivity index is 0.000000830. The van der Waals surface area contributed by atoms with Gasteiger partial charge in [-0.15, -0.1) is 0 Å². The summed E-state index contributed by atoms with van der Waals surface area (Å²) >= 11 is 5.88. The van der Waals surface area contributed by atoms with Crippen LogP contribution in [0.1, 0.15) is 5.56 Å². The number of aryl methyl sites for hydroxylation is 1. The first kappa shape index (κ1) is 27.8. The van der Waals surface area contributed by atoms with E-state index in [0.29, 0.717) is 5.58 Å². The Kier molecular flexibility index (Phi) is 9.93. The van der Waals surface area contributed by atoms with Crippen LogP contribution in [0.25, 0.3) is 11.0 Å². The molecule has 0 bridgehead atoms. The molecule has 0 aliphatic heterocycles. The molecule has 0 unspecified atom stereocenters. The van der Waals surface area contributed by atoms with Crippen LogP contribution < -0.4 is 15.7 Å². The van der Waals surface area contributed by atoms with Crippen LogP contribution in [0.15, 0.2) is 51.7 Å². The number of carbonyl (C=O) groups excluding carboxylic acids is 3. The fourth-order valence-electron chi connectivity index (χ4n) is 2.63. The van der Waals surface area contributed by atoms with Gasteiger partial charge in [0.1, 0.15) is 11.3 Å². The highest BCUT2D eigenvalue weighted by atomic mass is 35.5. The summed E-state index contributed by atoms with van der Waals surface area (Å²) in [6.45, 7) is 0.681. The number of halogens is 1. The van der Waals surface area contributed by atoms with Crippen molar-refractivity contribution in [3.05, 3.63) is 73.6 Å². The molecule has 2 amide bonds. The lowest BCUT2D eigenvalue weighted by Gasteiger charge is -2.09. The van der Waals surface area contributed by atoms with Crippen molar-refractivity contribution in [2.24, 2.45) is 0 Å². The zero-order valence-corrected chi connectivity index (χ0v) is 20.2. The molecule has 0 aliphatic rings. The van der Waals surface area contributed by atoms with Gasteiger partial charge >= 0.3 is 11.6 Å². The van der Waals surface area contributed by atoms with Gasteiger partial charge in [0, 0.05) is 43.7 Å². The smallest absolute Gasteiger partial charge is 0.344 e. The van der Waals surface area contributed by atoms with Crippen LogP contribution >= 0.6 is 11.6 Å². The second kappa shape index (κ2) is 12.9. The lowest BCUT2D eigenvalue weighted by Crippen LogP contribution is -2.23. The van der Waals surface area contributed by atoms with E-state index in [9.17, 15) is 29.3 Å². The van der Waals surface area contributed by atoms with Crippen LogP contribution in [0.2, 0.25) is 5.02 Å². The number of anilines is 1. The number of ether oxygens (including phenoxy) is 2. The minimum atomic E-state index is -0.810. The molecule has 0 aliphatic carbocycles. The van der Waals surface area contributed by atoms with Crippen LogP contribution in [0.4, 0.5) is 11.4 Å². The molecule has 0 saturated carbocycles. The number of hydrogen-bond donors (Lipinski definition) is 1. The molecule has 2 aromatic carbocycles. The third-order valence-electron chi connectivity index (χ3n) is 4.29. The Hall–Kier alpha value is -4.45. The van der Waals surface area contributed by atoms with Crippen molar-refractivity contribution in [2.75, 3.05) is 32.6 Å². The summed E-state index contributed by atoms with van der Waals surface area (Å²) in [4.78, 5) is 56.2. The molecule has 0 atom stereocenters. The number of esters is 1. The lowest BCUT2D eigenvalue weighted by atomic mass is 10.1.